The van der Waals surface area contributed by atoms with Crippen LogP contribution in [0.15, 0.2) is 45.9 Å². The van der Waals surface area contributed by atoms with Gasteiger partial charge < -0.3 is 23.3 Å². The lowest BCUT2D eigenvalue weighted by molar-refractivity contribution is 0.0621. The number of nitrogens with one attached hydrogen (secondary N) is 1. The van der Waals surface area contributed by atoms with Crippen molar-refractivity contribution in [2.24, 2.45) is 7.05 Å². The van der Waals surface area contributed by atoms with Gasteiger partial charge in [0.15, 0.2) is 17.3 Å². The van der Waals surface area contributed by atoms with Crippen molar-refractivity contribution in [1.29, 1.82) is 0 Å². The number of carbonyl (C=O) groups is 1. The van der Waals surface area contributed by atoms with Crippen LogP contribution in [0.1, 0.15) is 51.6 Å². The molecule has 0 radical (unpaired) electrons. The molecule has 35 heavy (non-hydrogen) atoms. The molecule has 4 aromatic heterocycles. The number of nitrogens with zero attached hydrogens (tertiary/aromatic N) is 6. The van der Waals surface area contributed by atoms with E-state index in [4.69, 9.17) is 8.83 Å². The molecular formula is C23H19F2N7O3. The van der Waals surface area contributed by atoms with Crippen LogP contribution in [0.25, 0.3) is 22.7 Å². The Bertz CT molecular complexity index is 1560. The smallest absolute Gasteiger partial charge is 0.292 e. The van der Waals surface area contributed by atoms with Crippen LogP contribution in [0.5, 0.6) is 0 Å². The molecule has 12 heteroatoms. The number of hydrogen-bond acceptors (Lipinski definition) is 7. The Kier molecular flexibility index (Phi) is 4.76. The first-order valence-electron chi connectivity index (χ1n) is 10.9. The molecule has 6 rings (SSSR count). The standard InChI is InChI=1S/C23H19F2N7O3/c1-11-3-4-15-13(7-11)29-22(34-15)18-16-12(26-9-27-16)5-6-32(18)23(33)19-17(20(24)25)30-21(35-19)14-8-31(2)10-28-14/h3-4,7-10,18,20H,5-6H2,1-2H3,(H,26,27)/t18-/m0/s1. The lowest BCUT2D eigenvalue weighted by Crippen LogP contribution is -2.41. The van der Waals surface area contributed by atoms with Crippen molar-refractivity contribution >= 4 is 17.0 Å². The van der Waals surface area contributed by atoms with E-state index < -0.39 is 29.8 Å². The molecule has 5 aromatic rings. The Hall–Kier alpha value is -4.35. The molecular weight excluding hydrogens is 460 g/mol. The monoisotopic (exact) mass is 479 g/mol. The number of halogens is 2. The maximum atomic E-state index is 13.9. The number of hydrogen-bond donors (Lipinski definition) is 1. The number of fused-ring (bicyclic) bond motifs is 2. The van der Waals surface area contributed by atoms with Gasteiger partial charge in [0.2, 0.25) is 17.5 Å². The van der Waals surface area contributed by atoms with Crippen molar-refractivity contribution in [2.45, 2.75) is 25.8 Å². The van der Waals surface area contributed by atoms with Gasteiger partial charge in [0.05, 0.1) is 18.3 Å². The highest BCUT2D eigenvalue weighted by Crippen LogP contribution is 2.37. The predicted molar refractivity (Wildman–Crippen MR) is 118 cm³/mol. The third-order valence-corrected chi connectivity index (χ3v) is 5.96. The first-order valence-corrected chi connectivity index (χ1v) is 10.9. The van der Waals surface area contributed by atoms with Crippen molar-refractivity contribution in [2.75, 3.05) is 6.54 Å². The zero-order valence-electron chi connectivity index (χ0n) is 18.7. The summed E-state index contributed by atoms with van der Waals surface area (Å²) in [6.07, 6.45) is 2.00. The Morgan fingerprint density at radius 2 is 2.09 bits per heavy atom. The number of aromatic amines is 1. The number of benzene rings is 1. The van der Waals surface area contributed by atoms with Gasteiger partial charge >= 0.3 is 0 Å². The number of amides is 1. The first-order chi connectivity index (χ1) is 16.9. The Morgan fingerprint density at radius 3 is 2.86 bits per heavy atom. The van der Waals surface area contributed by atoms with Crippen LogP contribution < -0.4 is 0 Å². The summed E-state index contributed by atoms with van der Waals surface area (Å²) in [6.45, 7) is 2.14. The molecule has 5 heterocycles. The quantitative estimate of drug-likeness (QED) is 0.414. The molecule has 1 aromatic carbocycles. The minimum Gasteiger partial charge on any atom is -0.438 e. The fourth-order valence-corrected chi connectivity index (χ4v) is 4.31. The van der Waals surface area contributed by atoms with Crippen LogP contribution in [0.3, 0.4) is 0 Å². The van der Waals surface area contributed by atoms with Gasteiger partial charge in [0.25, 0.3) is 12.3 Å². The molecule has 1 N–H and O–H groups in total. The van der Waals surface area contributed by atoms with E-state index in [0.29, 0.717) is 23.2 Å². The van der Waals surface area contributed by atoms with Crippen molar-refractivity contribution < 1.29 is 22.4 Å². The van der Waals surface area contributed by atoms with E-state index in [1.807, 2.05) is 19.1 Å². The first kappa shape index (κ1) is 21.2. The summed E-state index contributed by atoms with van der Waals surface area (Å²) in [7, 11) is 1.72. The van der Waals surface area contributed by atoms with E-state index in [1.54, 1.807) is 23.9 Å². The number of aryl methyl sites for hydroxylation is 2. The number of aromatic nitrogens is 6. The summed E-state index contributed by atoms with van der Waals surface area (Å²) >= 11 is 0. The minimum absolute atomic E-state index is 0.157. The average Bonchev–Trinajstić information content (AvgIpc) is 3.62. The van der Waals surface area contributed by atoms with Crippen molar-refractivity contribution in [3.05, 3.63) is 71.3 Å². The molecule has 1 amide bonds. The van der Waals surface area contributed by atoms with E-state index in [9.17, 15) is 13.6 Å². The molecule has 0 saturated carbocycles. The van der Waals surface area contributed by atoms with Gasteiger partial charge in [0.1, 0.15) is 11.2 Å². The number of oxazole rings is 2. The molecule has 0 unspecified atom stereocenters. The number of rotatable bonds is 4. The Morgan fingerprint density at radius 1 is 1.23 bits per heavy atom. The summed E-state index contributed by atoms with van der Waals surface area (Å²) in [5.41, 5.74) is 3.03. The zero-order chi connectivity index (χ0) is 24.3. The lowest BCUT2D eigenvalue weighted by atomic mass is 10.0. The van der Waals surface area contributed by atoms with E-state index in [2.05, 4.69) is 24.9 Å². The van der Waals surface area contributed by atoms with E-state index in [1.165, 1.54) is 17.6 Å². The molecule has 0 bridgehead atoms. The molecule has 0 spiro atoms. The fraction of sp³-hybridized carbons (Fsp3) is 0.261. The lowest BCUT2D eigenvalue weighted by Gasteiger charge is -2.32. The van der Waals surface area contributed by atoms with Crippen molar-refractivity contribution in [3.8, 4) is 11.6 Å². The molecule has 10 nitrogen and oxygen atoms in total. The molecule has 1 aliphatic rings. The predicted octanol–water partition coefficient (Wildman–Crippen LogP) is 3.97. The number of alkyl halides is 2. The molecule has 0 fully saturated rings. The highest BCUT2D eigenvalue weighted by molar-refractivity contribution is 5.93. The van der Waals surface area contributed by atoms with Crippen molar-refractivity contribution in [3.63, 3.8) is 0 Å². The topological polar surface area (TPSA) is 119 Å². The van der Waals surface area contributed by atoms with E-state index in [-0.39, 0.29) is 24.0 Å². The summed E-state index contributed by atoms with van der Waals surface area (Å²) in [5.74, 6) is -1.23. The van der Waals surface area contributed by atoms with Crippen LogP contribution in [-0.4, -0.2) is 46.8 Å². The van der Waals surface area contributed by atoms with Crippen LogP contribution >= 0.6 is 0 Å². The SMILES string of the molecule is Cc1ccc2oc([C@@H]3c4nc[nH]c4CCN3C(=O)c3oc(-c4cn(C)cn4)nc3C(F)F)nc2c1. The second-order valence-electron chi connectivity index (χ2n) is 8.40. The third-order valence-electron chi connectivity index (χ3n) is 5.96. The van der Waals surface area contributed by atoms with Gasteiger partial charge in [-0.3, -0.25) is 4.79 Å². The van der Waals surface area contributed by atoms with Gasteiger partial charge in [-0.1, -0.05) is 6.07 Å². The third kappa shape index (κ3) is 3.49. The highest BCUT2D eigenvalue weighted by Gasteiger charge is 2.41. The van der Waals surface area contributed by atoms with Gasteiger partial charge in [-0.25, -0.2) is 28.7 Å². The average molecular weight is 479 g/mol. The largest absolute Gasteiger partial charge is 0.438 e. The molecule has 0 saturated heterocycles. The maximum absolute atomic E-state index is 13.9. The second-order valence-corrected chi connectivity index (χ2v) is 8.40. The zero-order valence-corrected chi connectivity index (χ0v) is 18.7. The van der Waals surface area contributed by atoms with Crippen LogP contribution in [0.2, 0.25) is 0 Å². The van der Waals surface area contributed by atoms with Gasteiger partial charge in [-0.15, -0.1) is 0 Å². The number of H-pyrrole nitrogens is 1. The molecule has 0 aliphatic carbocycles. The fourth-order valence-electron chi connectivity index (χ4n) is 4.31. The Balaban J connectivity index is 1.45. The van der Waals surface area contributed by atoms with Crippen LogP contribution in [-0.2, 0) is 13.5 Å². The molecule has 178 valence electrons. The van der Waals surface area contributed by atoms with Crippen molar-refractivity contribution in [1.82, 2.24) is 34.4 Å². The summed E-state index contributed by atoms with van der Waals surface area (Å²) in [4.78, 5) is 35.1. The van der Waals surface area contributed by atoms with E-state index >= 15 is 0 Å². The number of imidazole rings is 2. The molecule has 1 atom stereocenters. The minimum atomic E-state index is -3.02. The normalized spacial score (nSPS) is 15.8. The summed E-state index contributed by atoms with van der Waals surface area (Å²) < 4.78 is 41.0. The van der Waals surface area contributed by atoms with Gasteiger partial charge in [-0.05, 0) is 24.6 Å². The number of carbonyl (C=O) groups excluding carboxylic acids is 1. The Labute approximate surface area is 196 Å². The van der Waals surface area contributed by atoms with Crippen LogP contribution in [0, 0.1) is 6.92 Å². The van der Waals surface area contributed by atoms with Gasteiger partial charge in [-0.2, -0.15) is 0 Å². The summed E-state index contributed by atoms with van der Waals surface area (Å²) in [5, 5.41) is 0. The second kappa shape index (κ2) is 7.86. The van der Waals surface area contributed by atoms with Crippen LogP contribution in [0.4, 0.5) is 8.78 Å². The maximum Gasteiger partial charge on any atom is 0.292 e. The molecule has 1 aliphatic heterocycles. The van der Waals surface area contributed by atoms with Gasteiger partial charge in [0, 0.05) is 31.9 Å². The summed E-state index contributed by atoms with van der Waals surface area (Å²) in [6, 6.07) is 4.72. The van der Waals surface area contributed by atoms with E-state index in [0.717, 1.165) is 11.3 Å². The highest BCUT2D eigenvalue weighted by atomic mass is 19.3.